The van der Waals surface area contributed by atoms with Crippen molar-refractivity contribution in [3.63, 3.8) is 0 Å². The van der Waals surface area contributed by atoms with E-state index in [4.69, 9.17) is 5.73 Å². The lowest BCUT2D eigenvalue weighted by atomic mass is 9.82. The summed E-state index contributed by atoms with van der Waals surface area (Å²) in [6, 6.07) is 5.93. The van der Waals surface area contributed by atoms with Gasteiger partial charge in [-0.1, -0.05) is 25.3 Å². The second kappa shape index (κ2) is 5.57. The first-order valence-electron chi connectivity index (χ1n) is 6.38. The van der Waals surface area contributed by atoms with Crippen molar-refractivity contribution < 1.29 is 4.79 Å². The fourth-order valence-electron chi connectivity index (χ4n) is 2.34. The molecule has 1 saturated carbocycles. The van der Waals surface area contributed by atoms with Gasteiger partial charge in [0.1, 0.15) is 0 Å². The number of aryl methyl sites for hydroxylation is 1. The van der Waals surface area contributed by atoms with E-state index < -0.39 is 5.54 Å². The molecule has 1 aliphatic rings. The highest BCUT2D eigenvalue weighted by Gasteiger charge is 2.35. The van der Waals surface area contributed by atoms with Crippen LogP contribution >= 0.6 is 22.6 Å². The van der Waals surface area contributed by atoms with Crippen molar-refractivity contribution in [3.05, 3.63) is 27.3 Å². The molecule has 1 aliphatic carbocycles. The molecular weight excluding hydrogens is 339 g/mol. The minimum Gasteiger partial charge on any atom is -0.324 e. The number of carbonyl (C=O) groups excluding carboxylic acids is 1. The van der Waals surface area contributed by atoms with Crippen LogP contribution in [0.5, 0.6) is 0 Å². The molecule has 1 aromatic rings. The predicted octanol–water partition coefficient (Wildman–Crippen LogP) is 3.20. The number of halogens is 1. The molecule has 3 nitrogen and oxygen atoms in total. The summed E-state index contributed by atoms with van der Waals surface area (Å²) < 4.78 is 1.15. The van der Waals surface area contributed by atoms with Crippen LogP contribution in [-0.4, -0.2) is 11.4 Å². The molecule has 1 fully saturated rings. The van der Waals surface area contributed by atoms with Crippen LogP contribution < -0.4 is 11.1 Å². The second-order valence-electron chi connectivity index (χ2n) is 5.13. The topological polar surface area (TPSA) is 55.1 Å². The quantitative estimate of drug-likeness (QED) is 0.798. The zero-order chi connectivity index (χ0) is 13.2. The van der Waals surface area contributed by atoms with Crippen LogP contribution in [0.15, 0.2) is 18.2 Å². The molecule has 1 aromatic carbocycles. The van der Waals surface area contributed by atoms with Crippen LogP contribution in [0, 0.1) is 10.5 Å². The van der Waals surface area contributed by atoms with Crippen LogP contribution in [0.25, 0.3) is 0 Å². The number of carbonyl (C=O) groups is 1. The molecule has 4 heteroatoms. The number of benzene rings is 1. The summed E-state index contributed by atoms with van der Waals surface area (Å²) >= 11 is 2.27. The van der Waals surface area contributed by atoms with Crippen LogP contribution in [0.4, 0.5) is 5.69 Å². The maximum Gasteiger partial charge on any atom is 0.244 e. The standard InChI is InChI=1S/C14H19IN2O/c1-10-5-6-11(9-12(10)15)17-13(18)14(16)7-3-2-4-8-14/h5-6,9H,2-4,7-8,16H2,1H3,(H,17,18). The number of amides is 1. The van der Waals surface area contributed by atoms with Crippen LogP contribution in [0.2, 0.25) is 0 Å². The van der Waals surface area contributed by atoms with Crippen molar-refractivity contribution in [2.24, 2.45) is 5.73 Å². The Morgan fingerprint density at radius 2 is 2.00 bits per heavy atom. The maximum atomic E-state index is 12.2. The SMILES string of the molecule is Cc1ccc(NC(=O)C2(N)CCCCC2)cc1I. The minimum atomic E-state index is -0.672. The Balaban J connectivity index is 2.08. The molecule has 0 saturated heterocycles. The van der Waals surface area contributed by atoms with Gasteiger partial charge in [0, 0.05) is 9.26 Å². The molecule has 0 radical (unpaired) electrons. The molecule has 0 heterocycles. The predicted molar refractivity (Wildman–Crippen MR) is 82.5 cm³/mol. The van der Waals surface area contributed by atoms with Gasteiger partial charge in [0.25, 0.3) is 0 Å². The summed E-state index contributed by atoms with van der Waals surface area (Å²) in [5, 5.41) is 2.95. The van der Waals surface area contributed by atoms with E-state index in [0.29, 0.717) is 0 Å². The first kappa shape index (κ1) is 13.8. The Morgan fingerprint density at radius 3 is 2.61 bits per heavy atom. The van der Waals surface area contributed by atoms with Crippen molar-refractivity contribution in [1.29, 1.82) is 0 Å². The van der Waals surface area contributed by atoms with Gasteiger partial charge in [0.05, 0.1) is 5.54 Å². The van der Waals surface area contributed by atoms with E-state index in [-0.39, 0.29) is 5.91 Å². The molecule has 0 atom stereocenters. The van der Waals surface area contributed by atoms with Crippen molar-refractivity contribution in [2.45, 2.75) is 44.6 Å². The van der Waals surface area contributed by atoms with Crippen molar-refractivity contribution in [2.75, 3.05) is 5.32 Å². The number of hydrogen-bond donors (Lipinski definition) is 2. The van der Waals surface area contributed by atoms with E-state index in [1.807, 2.05) is 18.2 Å². The van der Waals surface area contributed by atoms with Gasteiger partial charge in [0.15, 0.2) is 0 Å². The summed E-state index contributed by atoms with van der Waals surface area (Å²) in [7, 11) is 0. The lowest BCUT2D eigenvalue weighted by Crippen LogP contribution is -2.52. The highest BCUT2D eigenvalue weighted by Crippen LogP contribution is 2.27. The Hall–Kier alpha value is -0.620. The molecule has 0 spiro atoms. The van der Waals surface area contributed by atoms with Crippen LogP contribution in [0.3, 0.4) is 0 Å². The van der Waals surface area contributed by atoms with Crippen molar-refractivity contribution >= 4 is 34.2 Å². The van der Waals surface area contributed by atoms with Gasteiger partial charge in [-0.15, -0.1) is 0 Å². The minimum absolute atomic E-state index is 0.0400. The van der Waals surface area contributed by atoms with Gasteiger partial charge < -0.3 is 11.1 Å². The summed E-state index contributed by atoms with van der Waals surface area (Å²) in [4.78, 5) is 12.2. The van der Waals surface area contributed by atoms with Crippen molar-refractivity contribution in [3.8, 4) is 0 Å². The lowest BCUT2D eigenvalue weighted by molar-refractivity contribution is -0.122. The van der Waals surface area contributed by atoms with Gasteiger partial charge in [-0.2, -0.15) is 0 Å². The molecule has 0 bridgehead atoms. The number of nitrogens with one attached hydrogen (secondary N) is 1. The lowest BCUT2D eigenvalue weighted by Gasteiger charge is -2.31. The van der Waals surface area contributed by atoms with Gasteiger partial charge in [0.2, 0.25) is 5.91 Å². The zero-order valence-corrected chi connectivity index (χ0v) is 12.8. The van der Waals surface area contributed by atoms with E-state index in [0.717, 1.165) is 34.9 Å². The first-order valence-corrected chi connectivity index (χ1v) is 7.46. The van der Waals surface area contributed by atoms with Gasteiger partial charge in [-0.3, -0.25) is 4.79 Å². The monoisotopic (exact) mass is 358 g/mol. The Kier molecular flexibility index (Phi) is 4.27. The zero-order valence-electron chi connectivity index (χ0n) is 10.6. The van der Waals surface area contributed by atoms with Crippen molar-refractivity contribution in [1.82, 2.24) is 0 Å². The fraction of sp³-hybridized carbons (Fsp3) is 0.500. The highest BCUT2D eigenvalue weighted by molar-refractivity contribution is 14.1. The highest BCUT2D eigenvalue weighted by atomic mass is 127. The number of anilines is 1. The molecule has 1 amide bonds. The average molecular weight is 358 g/mol. The Labute approximate surface area is 122 Å². The molecule has 0 unspecified atom stereocenters. The molecule has 0 aromatic heterocycles. The molecule has 3 N–H and O–H groups in total. The fourth-order valence-corrected chi connectivity index (χ4v) is 2.85. The molecular formula is C14H19IN2O. The third-order valence-corrected chi connectivity index (χ3v) is 4.79. The molecule has 2 rings (SSSR count). The van der Waals surface area contributed by atoms with E-state index in [2.05, 4.69) is 34.8 Å². The summed E-state index contributed by atoms with van der Waals surface area (Å²) in [5.41, 5.74) is 7.59. The summed E-state index contributed by atoms with van der Waals surface area (Å²) in [6.07, 6.45) is 4.88. The summed E-state index contributed by atoms with van der Waals surface area (Å²) in [6.45, 7) is 2.05. The van der Waals surface area contributed by atoms with E-state index in [1.165, 1.54) is 12.0 Å². The first-order chi connectivity index (χ1) is 8.51. The smallest absolute Gasteiger partial charge is 0.244 e. The van der Waals surface area contributed by atoms with Crippen LogP contribution in [-0.2, 0) is 4.79 Å². The Bertz CT molecular complexity index is 453. The van der Waals surface area contributed by atoms with E-state index in [1.54, 1.807) is 0 Å². The van der Waals surface area contributed by atoms with Gasteiger partial charge in [-0.25, -0.2) is 0 Å². The number of hydrogen-bond acceptors (Lipinski definition) is 2. The number of rotatable bonds is 2. The second-order valence-corrected chi connectivity index (χ2v) is 6.30. The Morgan fingerprint density at radius 1 is 1.33 bits per heavy atom. The average Bonchev–Trinajstić information content (AvgIpc) is 2.35. The van der Waals surface area contributed by atoms with Gasteiger partial charge in [-0.05, 0) is 60.1 Å². The normalized spacial score (nSPS) is 18.4. The van der Waals surface area contributed by atoms with Crippen LogP contribution in [0.1, 0.15) is 37.7 Å². The third-order valence-electron chi connectivity index (χ3n) is 3.63. The van der Waals surface area contributed by atoms with E-state index in [9.17, 15) is 4.79 Å². The molecule has 98 valence electrons. The largest absolute Gasteiger partial charge is 0.324 e. The maximum absolute atomic E-state index is 12.2. The molecule has 0 aliphatic heterocycles. The van der Waals surface area contributed by atoms with Gasteiger partial charge >= 0.3 is 0 Å². The third kappa shape index (κ3) is 3.03. The molecule has 18 heavy (non-hydrogen) atoms. The summed E-state index contributed by atoms with van der Waals surface area (Å²) in [5.74, 6) is -0.0400. The number of nitrogens with two attached hydrogens (primary N) is 1. The van der Waals surface area contributed by atoms with E-state index >= 15 is 0 Å².